The molecule has 36 heavy (non-hydrogen) atoms. The van der Waals surface area contributed by atoms with E-state index in [-0.39, 0.29) is 6.10 Å². The van der Waals surface area contributed by atoms with Crippen molar-refractivity contribution in [1.29, 1.82) is 0 Å². The van der Waals surface area contributed by atoms with Gasteiger partial charge < -0.3 is 24.6 Å². The quantitative estimate of drug-likeness (QED) is 0.381. The van der Waals surface area contributed by atoms with Crippen molar-refractivity contribution in [2.24, 2.45) is 0 Å². The summed E-state index contributed by atoms with van der Waals surface area (Å²) < 4.78 is 11.6. The second-order valence-corrected chi connectivity index (χ2v) is 10.1. The first-order valence-corrected chi connectivity index (χ1v) is 13.4. The molecule has 0 spiro atoms. The van der Waals surface area contributed by atoms with Crippen LogP contribution in [0.3, 0.4) is 0 Å². The lowest BCUT2D eigenvalue weighted by atomic mass is 9.85. The van der Waals surface area contributed by atoms with Crippen molar-refractivity contribution in [2.75, 3.05) is 31.6 Å². The number of rotatable bonds is 9. The first-order valence-electron chi connectivity index (χ1n) is 13.4. The maximum absolute atomic E-state index is 9.83. The Kier molecular flexibility index (Phi) is 8.13. The van der Waals surface area contributed by atoms with Crippen molar-refractivity contribution >= 4 is 11.6 Å². The summed E-state index contributed by atoms with van der Waals surface area (Å²) in [4.78, 5) is 11.6. The Balaban J connectivity index is 1.21. The third-order valence-corrected chi connectivity index (χ3v) is 7.25. The van der Waals surface area contributed by atoms with Crippen molar-refractivity contribution in [3.05, 3.63) is 48.0 Å². The van der Waals surface area contributed by atoms with Gasteiger partial charge in [0.05, 0.1) is 29.7 Å². The third kappa shape index (κ3) is 6.23. The Morgan fingerprint density at radius 1 is 1.14 bits per heavy atom. The van der Waals surface area contributed by atoms with Crippen LogP contribution in [0.1, 0.15) is 68.7 Å². The van der Waals surface area contributed by atoms with E-state index in [0.29, 0.717) is 18.5 Å². The number of hydrogen-bond donors (Lipinski definition) is 2. The fourth-order valence-electron chi connectivity index (χ4n) is 5.42. The Labute approximate surface area is 213 Å². The standard InChI is InChI=1S/C28H37N5O3/c1-20-26(27(32-36-20)21-8-3-2-4-9-21)25-13-14-29-28(31-25)30-22-10-5-12-24(18-22)35-17-7-16-33-15-6-11-23(34)19-33/h5,10,12-14,18,21,23,34H,2-4,6-9,11,15-17,19H2,1H3,(H,29,30,31). The molecule has 5 rings (SSSR count). The number of ether oxygens (including phenoxy) is 1. The first kappa shape index (κ1) is 24.7. The summed E-state index contributed by atoms with van der Waals surface area (Å²) in [5.74, 6) is 2.58. The number of aromatic nitrogens is 3. The molecular formula is C28H37N5O3. The average Bonchev–Trinajstić information content (AvgIpc) is 3.29. The van der Waals surface area contributed by atoms with E-state index < -0.39 is 0 Å². The van der Waals surface area contributed by atoms with E-state index in [4.69, 9.17) is 14.2 Å². The summed E-state index contributed by atoms with van der Waals surface area (Å²) in [7, 11) is 0. The number of likely N-dealkylation sites (tertiary alicyclic amines) is 1. The van der Waals surface area contributed by atoms with Crippen LogP contribution in [0, 0.1) is 6.92 Å². The average molecular weight is 492 g/mol. The van der Waals surface area contributed by atoms with Crippen molar-refractivity contribution < 1.29 is 14.4 Å². The number of aliphatic hydroxyl groups excluding tert-OH is 1. The largest absolute Gasteiger partial charge is 0.493 e. The molecule has 2 aliphatic rings. The van der Waals surface area contributed by atoms with Crippen molar-refractivity contribution in [3.63, 3.8) is 0 Å². The van der Waals surface area contributed by atoms with Gasteiger partial charge in [-0.3, -0.25) is 0 Å². The van der Waals surface area contributed by atoms with Crippen molar-refractivity contribution in [2.45, 2.75) is 70.3 Å². The van der Waals surface area contributed by atoms with Crippen LogP contribution in [-0.2, 0) is 0 Å². The molecule has 2 fully saturated rings. The summed E-state index contributed by atoms with van der Waals surface area (Å²) in [6.07, 6.45) is 10.6. The molecule has 1 aliphatic carbocycles. The predicted octanol–water partition coefficient (Wildman–Crippen LogP) is 5.46. The zero-order valence-corrected chi connectivity index (χ0v) is 21.2. The smallest absolute Gasteiger partial charge is 0.227 e. The third-order valence-electron chi connectivity index (χ3n) is 7.25. The van der Waals surface area contributed by atoms with Gasteiger partial charge in [-0.15, -0.1) is 0 Å². The van der Waals surface area contributed by atoms with E-state index in [9.17, 15) is 5.11 Å². The molecule has 192 valence electrons. The van der Waals surface area contributed by atoms with Crippen LogP contribution in [0.15, 0.2) is 41.1 Å². The molecule has 0 bridgehead atoms. The van der Waals surface area contributed by atoms with Gasteiger partial charge in [0.1, 0.15) is 11.5 Å². The normalized spacial score (nSPS) is 19.3. The van der Waals surface area contributed by atoms with Gasteiger partial charge in [-0.2, -0.15) is 0 Å². The molecule has 1 aliphatic heterocycles. The van der Waals surface area contributed by atoms with E-state index in [1.807, 2.05) is 37.3 Å². The van der Waals surface area contributed by atoms with Crippen molar-refractivity contribution in [3.8, 4) is 17.0 Å². The number of benzene rings is 1. The van der Waals surface area contributed by atoms with E-state index >= 15 is 0 Å². The maximum Gasteiger partial charge on any atom is 0.227 e. The number of aryl methyl sites for hydroxylation is 1. The molecule has 8 nitrogen and oxygen atoms in total. The van der Waals surface area contributed by atoms with Gasteiger partial charge in [-0.25, -0.2) is 9.97 Å². The number of aliphatic hydroxyl groups is 1. The summed E-state index contributed by atoms with van der Waals surface area (Å²) in [6, 6.07) is 9.81. The molecule has 1 saturated carbocycles. The molecule has 3 heterocycles. The summed E-state index contributed by atoms with van der Waals surface area (Å²) in [5, 5.41) is 17.6. The number of piperidine rings is 1. The van der Waals surface area contributed by atoms with Crippen LogP contribution in [0.4, 0.5) is 11.6 Å². The lowest BCUT2D eigenvalue weighted by Gasteiger charge is -2.29. The highest BCUT2D eigenvalue weighted by molar-refractivity contribution is 5.66. The zero-order valence-electron chi connectivity index (χ0n) is 21.2. The van der Waals surface area contributed by atoms with E-state index in [0.717, 1.165) is 85.9 Å². The van der Waals surface area contributed by atoms with Gasteiger partial charge in [-0.05, 0) is 63.8 Å². The molecule has 1 unspecified atom stereocenters. The number of anilines is 2. The van der Waals surface area contributed by atoms with Gasteiger partial charge in [0, 0.05) is 37.0 Å². The minimum atomic E-state index is -0.185. The number of β-amino-alcohol motifs (C(OH)–C–C–N with tert-alkyl or cyclic N) is 1. The number of hydrogen-bond acceptors (Lipinski definition) is 8. The molecule has 3 aromatic rings. The first-order chi connectivity index (χ1) is 17.7. The van der Waals surface area contributed by atoms with Crippen LogP contribution in [0.25, 0.3) is 11.3 Å². The minimum Gasteiger partial charge on any atom is -0.493 e. The fraction of sp³-hybridized carbons (Fsp3) is 0.536. The van der Waals surface area contributed by atoms with Gasteiger partial charge >= 0.3 is 0 Å². The van der Waals surface area contributed by atoms with Gasteiger partial charge in [0.2, 0.25) is 5.95 Å². The molecule has 1 aromatic carbocycles. The monoisotopic (exact) mass is 491 g/mol. The Bertz CT molecular complexity index is 1130. The van der Waals surface area contributed by atoms with E-state index in [2.05, 4.69) is 20.4 Å². The Morgan fingerprint density at radius 3 is 2.89 bits per heavy atom. The number of nitrogens with one attached hydrogen (secondary N) is 1. The van der Waals surface area contributed by atoms with E-state index in [1.54, 1.807) is 6.20 Å². The van der Waals surface area contributed by atoms with Crippen LogP contribution in [0.2, 0.25) is 0 Å². The molecule has 2 N–H and O–H groups in total. The molecular weight excluding hydrogens is 454 g/mol. The van der Waals surface area contributed by atoms with Crippen LogP contribution in [-0.4, -0.2) is 57.5 Å². The topological polar surface area (TPSA) is 96.5 Å². The molecule has 8 heteroatoms. The molecule has 0 amide bonds. The Hall–Kier alpha value is -2.97. The SMILES string of the molecule is Cc1onc(C2CCCCC2)c1-c1ccnc(Nc2cccc(OCCCN3CCCC(O)C3)c2)n1. The van der Waals surface area contributed by atoms with Crippen molar-refractivity contribution in [1.82, 2.24) is 20.0 Å². The maximum atomic E-state index is 9.83. The van der Waals surface area contributed by atoms with Gasteiger partial charge in [0.25, 0.3) is 0 Å². The fourth-order valence-corrected chi connectivity index (χ4v) is 5.42. The molecule has 2 aromatic heterocycles. The van der Waals surface area contributed by atoms with Crippen LogP contribution in [0.5, 0.6) is 5.75 Å². The summed E-state index contributed by atoms with van der Waals surface area (Å²) in [5.41, 5.74) is 3.75. The second-order valence-electron chi connectivity index (χ2n) is 10.1. The highest BCUT2D eigenvalue weighted by atomic mass is 16.5. The van der Waals surface area contributed by atoms with E-state index in [1.165, 1.54) is 19.3 Å². The van der Waals surface area contributed by atoms with Gasteiger partial charge in [-0.1, -0.05) is 30.5 Å². The second kappa shape index (κ2) is 11.8. The predicted molar refractivity (Wildman–Crippen MR) is 140 cm³/mol. The van der Waals surface area contributed by atoms with Crippen LogP contribution < -0.4 is 10.1 Å². The molecule has 1 saturated heterocycles. The van der Waals surface area contributed by atoms with Gasteiger partial charge in [0.15, 0.2) is 0 Å². The summed E-state index contributed by atoms with van der Waals surface area (Å²) >= 11 is 0. The lowest BCUT2D eigenvalue weighted by Crippen LogP contribution is -2.39. The zero-order chi connectivity index (χ0) is 24.7. The lowest BCUT2D eigenvalue weighted by molar-refractivity contribution is 0.0679. The highest BCUT2D eigenvalue weighted by Crippen LogP contribution is 2.38. The number of nitrogens with zero attached hydrogens (tertiary/aromatic N) is 4. The molecule has 0 radical (unpaired) electrons. The summed E-state index contributed by atoms with van der Waals surface area (Å²) in [6.45, 7) is 5.37. The van der Waals surface area contributed by atoms with Crippen LogP contribution >= 0.6 is 0 Å². The minimum absolute atomic E-state index is 0.185. The highest BCUT2D eigenvalue weighted by Gasteiger charge is 2.25. The molecule has 1 atom stereocenters. The Morgan fingerprint density at radius 2 is 2.03 bits per heavy atom.